The average Bonchev–Trinajstić information content (AvgIpc) is 2.29. The number of hydrogen-bond acceptors (Lipinski definition) is 4. The minimum absolute atomic E-state index is 0.0355. The van der Waals surface area contributed by atoms with Crippen molar-refractivity contribution in [3.05, 3.63) is 0 Å². The van der Waals surface area contributed by atoms with Crippen LogP contribution >= 0.6 is 0 Å². The van der Waals surface area contributed by atoms with E-state index in [1.807, 2.05) is 6.92 Å². The minimum atomic E-state index is -3.53. The van der Waals surface area contributed by atoms with E-state index in [-0.39, 0.29) is 26.3 Å². The molecular formula is C10H22N2O4S. The topological polar surface area (TPSA) is 81.1 Å². The lowest BCUT2D eigenvalue weighted by Gasteiger charge is -2.34. The zero-order valence-electron chi connectivity index (χ0n) is 10.2. The van der Waals surface area contributed by atoms with Crippen LogP contribution in [-0.2, 0) is 10.2 Å². The Morgan fingerprint density at radius 1 is 1.29 bits per heavy atom. The first kappa shape index (κ1) is 14.8. The summed E-state index contributed by atoms with van der Waals surface area (Å²) in [6, 6.07) is 0. The molecule has 2 N–H and O–H groups in total. The molecule has 1 fully saturated rings. The Morgan fingerprint density at radius 3 is 2.35 bits per heavy atom. The Bertz CT molecular complexity index is 304. The summed E-state index contributed by atoms with van der Waals surface area (Å²) in [7, 11) is -3.53. The first-order chi connectivity index (χ1) is 8.02. The smallest absolute Gasteiger partial charge is 0.282 e. The largest absolute Gasteiger partial charge is 0.395 e. The second-order valence-corrected chi connectivity index (χ2v) is 6.39. The van der Waals surface area contributed by atoms with Gasteiger partial charge in [0.15, 0.2) is 0 Å². The molecule has 1 aliphatic rings. The standard InChI is InChI=1S/C10H22N2O4S/c1-10-3-2-4-12(9-10)17(15,16)11(5-7-13)6-8-14/h10,13-14H,2-9H2,1H3. The normalized spacial score (nSPS) is 23.2. The maximum atomic E-state index is 12.2. The van der Waals surface area contributed by atoms with Gasteiger partial charge in [0.1, 0.15) is 0 Å². The fourth-order valence-electron chi connectivity index (χ4n) is 2.08. The molecule has 1 rings (SSSR count). The minimum Gasteiger partial charge on any atom is -0.395 e. The summed E-state index contributed by atoms with van der Waals surface area (Å²) >= 11 is 0. The molecule has 1 unspecified atom stereocenters. The van der Waals surface area contributed by atoms with Crippen LogP contribution in [0.5, 0.6) is 0 Å². The van der Waals surface area contributed by atoms with E-state index in [0.717, 1.165) is 17.1 Å². The fourth-order valence-corrected chi connectivity index (χ4v) is 3.84. The van der Waals surface area contributed by atoms with Crippen molar-refractivity contribution in [1.82, 2.24) is 8.61 Å². The van der Waals surface area contributed by atoms with Crippen molar-refractivity contribution in [3.63, 3.8) is 0 Å². The Balaban J connectivity index is 2.75. The first-order valence-electron chi connectivity index (χ1n) is 5.99. The molecule has 1 heterocycles. The predicted octanol–water partition coefficient (Wildman–Crippen LogP) is -0.750. The number of rotatable bonds is 6. The predicted molar refractivity (Wildman–Crippen MR) is 64.6 cm³/mol. The third kappa shape index (κ3) is 3.89. The molecular weight excluding hydrogens is 244 g/mol. The molecule has 1 saturated heterocycles. The van der Waals surface area contributed by atoms with Gasteiger partial charge in [0.2, 0.25) is 0 Å². The number of nitrogens with zero attached hydrogens (tertiary/aromatic N) is 2. The summed E-state index contributed by atoms with van der Waals surface area (Å²) in [5, 5.41) is 17.7. The fraction of sp³-hybridized carbons (Fsp3) is 1.00. The zero-order valence-corrected chi connectivity index (χ0v) is 11.1. The molecule has 1 aliphatic heterocycles. The van der Waals surface area contributed by atoms with E-state index in [2.05, 4.69) is 0 Å². The first-order valence-corrected chi connectivity index (χ1v) is 7.39. The van der Waals surface area contributed by atoms with Crippen molar-refractivity contribution in [2.45, 2.75) is 19.8 Å². The van der Waals surface area contributed by atoms with Crippen molar-refractivity contribution in [2.75, 3.05) is 39.4 Å². The summed E-state index contributed by atoms with van der Waals surface area (Å²) in [6.45, 7) is 2.69. The highest BCUT2D eigenvalue weighted by Gasteiger charge is 2.31. The molecule has 6 nitrogen and oxygen atoms in total. The van der Waals surface area contributed by atoms with E-state index >= 15 is 0 Å². The van der Waals surface area contributed by atoms with Crippen LogP contribution in [-0.4, -0.2) is 66.6 Å². The number of aliphatic hydroxyl groups excluding tert-OH is 2. The van der Waals surface area contributed by atoms with Gasteiger partial charge in [-0.1, -0.05) is 6.92 Å². The van der Waals surface area contributed by atoms with Crippen molar-refractivity contribution in [1.29, 1.82) is 0 Å². The van der Waals surface area contributed by atoms with Crippen LogP contribution in [0.15, 0.2) is 0 Å². The monoisotopic (exact) mass is 266 g/mol. The molecule has 17 heavy (non-hydrogen) atoms. The molecule has 1 atom stereocenters. The van der Waals surface area contributed by atoms with Crippen LogP contribution in [0.4, 0.5) is 0 Å². The van der Waals surface area contributed by atoms with Gasteiger partial charge in [0.25, 0.3) is 10.2 Å². The maximum absolute atomic E-state index is 12.2. The highest BCUT2D eigenvalue weighted by Crippen LogP contribution is 2.20. The molecule has 7 heteroatoms. The Morgan fingerprint density at radius 2 is 1.88 bits per heavy atom. The maximum Gasteiger partial charge on any atom is 0.282 e. The molecule has 0 radical (unpaired) electrons. The van der Waals surface area contributed by atoms with Crippen molar-refractivity contribution < 1.29 is 18.6 Å². The van der Waals surface area contributed by atoms with Gasteiger partial charge in [0, 0.05) is 26.2 Å². The summed E-state index contributed by atoms with van der Waals surface area (Å²) in [4.78, 5) is 0. The molecule has 0 amide bonds. The molecule has 0 spiro atoms. The third-order valence-electron chi connectivity index (χ3n) is 2.97. The van der Waals surface area contributed by atoms with E-state index in [0.29, 0.717) is 19.0 Å². The average molecular weight is 266 g/mol. The van der Waals surface area contributed by atoms with Gasteiger partial charge in [-0.25, -0.2) is 0 Å². The van der Waals surface area contributed by atoms with Crippen LogP contribution < -0.4 is 0 Å². The van der Waals surface area contributed by atoms with Gasteiger partial charge in [-0.3, -0.25) is 0 Å². The van der Waals surface area contributed by atoms with Crippen molar-refractivity contribution in [2.24, 2.45) is 5.92 Å². The number of piperidine rings is 1. The lowest BCUT2D eigenvalue weighted by atomic mass is 10.0. The molecule has 102 valence electrons. The molecule has 0 bridgehead atoms. The third-order valence-corrected chi connectivity index (χ3v) is 4.97. The zero-order chi connectivity index (χ0) is 12.9. The SMILES string of the molecule is CC1CCCN(S(=O)(=O)N(CCO)CCO)C1. The van der Waals surface area contributed by atoms with E-state index in [1.54, 1.807) is 0 Å². The second-order valence-electron chi connectivity index (χ2n) is 4.46. The number of aliphatic hydroxyl groups is 2. The summed E-state index contributed by atoms with van der Waals surface area (Å²) in [5.41, 5.74) is 0. The number of hydrogen-bond donors (Lipinski definition) is 2. The Hall–Kier alpha value is -0.210. The van der Waals surface area contributed by atoms with Crippen LogP contribution in [0.1, 0.15) is 19.8 Å². The van der Waals surface area contributed by atoms with Crippen LogP contribution in [0, 0.1) is 5.92 Å². The lowest BCUT2D eigenvalue weighted by Crippen LogP contribution is -2.49. The highest BCUT2D eigenvalue weighted by atomic mass is 32.2. The Labute approximate surface area is 103 Å². The van der Waals surface area contributed by atoms with Gasteiger partial charge in [0.05, 0.1) is 13.2 Å². The van der Waals surface area contributed by atoms with Gasteiger partial charge < -0.3 is 10.2 Å². The lowest BCUT2D eigenvalue weighted by molar-refractivity contribution is 0.200. The van der Waals surface area contributed by atoms with Crippen molar-refractivity contribution in [3.8, 4) is 0 Å². The Kier molecular flexibility index (Phi) is 5.81. The summed E-state index contributed by atoms with van der Waals surface area (Å²) < 4.78 is 27.1. The molecule has 0 saturated carbocycles. The van der Waals surface area contributed by atoms with Gasteiger partial charge in [-0.2, -0.15) is 17.0 Å². The van der Waals surface area contributed by atoms with E-state index in [4.69, 9.17) is 10.2 Å². The molecule has 0 aromatic carbocycles. The summed E-state index contributed by atoms with van der Waals surface area (Å²) in [6.07, 6.45) is 1.92. The van der Waals surface area contributed by atoms with Crippen LogP contribution in [0.3, 0.4) is 0 Å². The molecule has 0 aromatic heterocycles. The molecule has 0 aliphatic carbocycles. The van der Waals surface area contributed by atoms with Crippen LogP contribution in [0.25, 0.3) is 0 Å². The highest BCUT2D eigenvalue weighted by molar-refractivity contribution is 7.86. The van der Waals surface area contributed by atoms with Gasteiger partial charge >= 0.3 is 0 Å². The van der Waals surface area contributed by atoms with E-state index < -0.39 is 10.2 Å². The van der Waals surface area contributed by atoms with Crippen LogP contribution in [0.2, 0.25) is 0 Å². The summed E-state index contributed by atoms with van der Waals surface area (Å²) in [5.74, 6) is 0.364. The van der Waals surface area contributed by atoms with Gasteiger partial charge in [-0.05, 0) is 18.8 Å². The molecule has 0 aromatic rings. The van der Waals surface area contributed by atoms with E-state index in [9.17, 15) is 8.42 Å². The van der Waals surface area contributed by atoms with Gasteiger partial charge in [-0.15, -0.1) is 0 Å². The second kappa shape index (κ2) is 6.65. The van der Waals surface area contributed by atoms with E-state index in [1.165, 1.54) is 4.31 Å². The van der Waals surface area contributed by atoms with Crippen molar-refractivity contribution >= 4 is 10.2 Å². The quantitative estimate of drug-likeness (QED) is 0.663.